The van der Waals surface area contributed by atoms with E-state index < -0.39 is 22.4 Å². The number of piperidine rings is 2. The topological polar surface area (TPSA) is 97.2 Å². The fraction of sp³-hybridized carbons (Fsp3) is 0.567. The van der Waals surface area contributed by atoms with Crippen LogP contribution in [-0.4, -0.2) is 77.2 Å². The summed E-state index contributed by atoms with van der Waals surface area (Å²) in [4.78, 5) is 27.4. The van der Waals surface area contributed by atoms with E-state index in [1.807, 2.05) is 4.90 Å². The highest BCUT2D eigenvalue weighted by Gasteiger charge is 2.43. The van der Waals surface area contributed by atoms with Crippen LogP contribution in [0, 0.1) is 15.9 Å². The van der Waals surface area contributed by atoms with Crippen molar-refractivity contribution in [2.24, 2.45) is 0 Å². The first kappa shape index (κ1) is 29.6. The first-order valence-electron chi connectivity index (χ1n) is 14.8. The van der Waals surface area contributed by atoms with Crippen molar-refractivity contribution < 1.29 is 36.8 Å². The summed E-state index contributed by atoms with van der Waals surface area (Å²) in [6.45, 7) is 2.16. The molecule has 232 valence electrons. The van der Waals surface area contributed by atoms with Gasteiger partial charge in [0.15, 0.2) is 0 Å². The predicted octanol–water partition coefficient (Wildman–Crippen LogP) is 5.17. The zero-order valence-electron chi connectivity index (χ0n) is 23.5. The van der Waals surface area contributed by atoms with Crippen molar-refractivity contribution in [3.05, 3.63) is 63.5 Å². The Kier molecular flexibility index (Phi) is 8.20. The number of halogens is 4. The highest BCUT2D eigenvalue weighted by Crippen LogP contribution is 2.38. The number of alkyl halides is 3. The van der Waals surface area contributed by atoms with E-state index in [-0.39, 0.29) is 54.4 Å². The maximum Gasteiger partial charge on any atom is 0.423 e. The summed E-state index contributed by atoms with van der Waals surface area (Å²) < 4.78 is 65.5. The number of nitro groups is 1. The number of carbonyl (C=O) groups is 1. The van der Waals surface area contributed by atoms with Crippen LogP contribution in [-0.2, 0) is 22.1 Å². The van der Waals surface area contributed by atoms with Crippen molar-refractivity contribution in [2.45, 2.75) is 81.5 Å². The quantitative estimate of drug-likeness (QED) is 0.252. The highest BCUT2D eigenvalue weighted by atomic mass is 19.4. The number of benzene rings is 2. The van der Waals surface area contributed by atoms with Gasteiger partial charge in [0.1, 0.15) is 29.8 Å². The summed E-state index contributed by atoms with van der Waals surface area (Å²) >= 11 is 0. The first-order valence-corrected chi connectivity index (χ1v) is 14.8. The second kappa shape index (κ2) is 11.9. The van der Waals surface area contributed by atoms with E-state index in [4.69, 9.17) is 9.47 Å². The Hall–Kier alpha value is -3.45. The third-order valence-corrected chi connectivity index (χ3v) is 9.15. The third kappa shape index (κ3) is 6.57. The van der Waals surface area contributed by atoms with Gasteiger partial charge < -0.3 is 19.7 Å². The second-order valence-electron chi connectivity index (χ2n) is 12.0. The van der Waals surface area contributed by atoms with E-state index in [1.54, 1.807) is 6.07 Å². The number of nitrogens with zero attached hydrogens (tertiary/aromatic N) is 3. The van der Waals surface area contributed by atoms with Crippen molar-refractivity contribution in [2.75, 3.05) is 31.6 Å². The molecule has 4 fully saturated rings. The van der Waals surface area contributed by atoms with E-state index in [0.717, 1.165) is 49.4 Å². The molecule has 43 heavy (non-hydrogen) atoms. The van der Waals surface area contributed by atoms with Gasteiger partial charge in [0.2, 0.25) is 5.91 Å². The zero-order chi connectivity index (χ0) is 30.3. The largest absolute Gasteiger partial charge is 0.488 e. The minimum Gasteiger partial charge on any atom is -0.488 e. The van der Waals surface area contributed by atoms with Crippen molar-refractivity contribution in [1.29, 1.82) is 0 Å². The van der Waals surface area contributed by atoms with Gasteiger partial charge in [-0.3, -0.25) is 19.8 Å². The first-order chi connectivity index (χ1) is 20.5. The summed E-state index contributed by atoms with van der Waals surface area (Å²) in [6, 6.07) is 7.85. The Balaban J connectivity index is 0.942. The minimum absolute atomic E-state index is 0.00408. The van der Waals surface area contributed by atoms with Crippen LogP contribution in [0.3, 0.4) is 0 Å². The number of anilines is 1. The normalized spacial score (nSPS) is 27.1. The lowest BCUT2D eigenvalue weighted by Crippen LogP contribution is -2.65. The fourth-order valence-electron chi connectivity index (χ4n) is 6.99. The average Bonchev–Trinajstić information content (AvgIpc) is 3.37. The summed E-state index contributed by atoms with van der Waals surface area (Å²) in [6.07, 6.45) is 0.241. The minimum atomic E-state index is -4.83. The van der Waals surface area contributed by atoms with Gasteiger partial charge in [-0.15, -0.1) is 0 Å². The van der Waals surface area contributed by atoms with Gasteiger partial charge in [0, 0.05) is 61.5 Å². The van der Waals surface area contributed by atoms with Gasteiger partial charge in [-0.1, -0.05) is 0 Å². The van der Waals surface area contributed by atoms with E-state index in [9.17, 15) is 32.5 Å². The number of nitro benzene ring substituents is 1. The van der Waals surface area contributed by atoms with E-state index in [2.05, 4.69) is 10.2 Å². The Morgan fingerprint density at radius 1 is 1.05 bits per heavy atom. The maximum atomic E-state index is 13.6. The molecular weight excluding hydrogens is 572 g/mol. The number of piperazine rings is 1. The Bertz CT molecular complexity index is 1370. The van der Waals surface area contributed by atoms with Crippen molar-refractivity contribution >= 4 is 17.3 Å². The summed E-state index contributed by atoms with van der Waals surface area (Å²) in [7, 11) is 0. The van der Waals surface area contributed by atoms with Crippen LogP contribution >= 0.6 is 0 Å². The summed E-state index contributed by atoms with van der Waals surface area (Å²) in [5, 5.41) is 14.1. The second-order valence-corrected chi connectivity index (χ2v) is 12.0. The molecule has 4 heterocycles. The molecule has 7 rings (SSSR count). The van der Waals surface area contributed by atoms with E-state index >= 15 is 0 Å². The van der Waals surface area contributed by atoms with Crippen LogP contribution in [0.1, 0.15) is 49.7 Å². The molecular formula is C30H34F4N4O5. The lowest BCUT2D eigenvalue weighted by molar-refractivity contribution is -0.388. The molecule has 1 N–H and O–H groups in total. The van der Waals surface area contributed by atoms with Gasteiger partial charge in [0.25, 0.3) is 5.69 Å². The van der Waals surface area contributed by atoms with Gasteiger partial charge in [-0.2, -0.15) is 13.2 Å². The molecule has 1 aliphatic carbocycles. The molecule has 9 nitrogen and oxygen atoms in total. The number of ether oxygens (including phenoxy) is 2. The SMILES string of the molecule is O=C(COC1CCC(Nc2ccc([N+](=O)[O-])c(C(F)(F)F)c2)CC1)N1CC2CCC1CN2CC1Cc2cc(F)ccc2O1. The molecule has 0 radical (unpaired) electrons. The Morgan fingerprint density at radius 3 is 2.51 bits per heavy atom. The number of carbonyl (C=O) groups excluding carboxylic acids is 1. The molecule has 3 atom stereocenters. The lowest BCUT2D eigenvalue weighted by atomic mass is 9.90. The molecule has 0 aromatic heterocycles. The van der Waals surface area contributed by atoms with Crippen LogP contribution in [0.5, 0.6) is 5.75 Å². The number of hydrogen-bond acceptors (Lipinski definition) is 7. The highest BCUT2D eigenvalue weighted by molar-refractivity contribution is 5.78. The van der Waals surface area contributed by atoms with Crippen LogP contribution in [0.25, 0.3) is 0 Å². The molecule has 3 saturated heterocycles. The van der Waals surface area contributed by atoms with Gasteiger partial charge >= 0.3 is 6.18 Å². The molecule has 13 heteroatoms. The Morgan fingerprint density at radius 2 is 1.81 bits per heavy atom. The molecule has 0 spiro atoms. The van der Waals surface area contributed by atoms with Gasteiger partial charge in [0.05, 0.1) is 11.0 Å². The Labute approximate surface area is 246 Å². The number of fused-ring (bicyclic) bond motifs is 4. The molecule has 5 aliphatic rings. The molecule has 3 unspecified atom stereocenters. The summed E-state index contributed by atoms with van der Waals surface area (Å²) in [5.41, 5.74) is -1.17. The molecule has 2 aromatic rings. The van der Waals surface area contributed by atoms with Crippen molar-refractivity contribution in [1.82, 2.24) is 9.80 Å². The van der Waals surface area contributed by atoms with E-state index in [0.29, 0.717) is 38.6 Å². The number of hydrogen-bond donors (Lipinski definition) is 1. The smallest absolute Gasteiger partial charge is 0.423 e. The van der Waals surface area contributed by atoms with Gasteiger partial charge in [-0.25, -0.2) is 4.39 Å². The van der Waals surface area contributed by atoms with Crippen LogP contribution < -0.4 is 10.1 Å². The van der Waals surface area contributed by atoms with E-state index in [1.165, 1.54) is 18.2 Å². The molecule has 2 aromatic carbocycles. The average molecular weight is 607 g/mol. The van der Waals surface area contributed by atoms with Crippen LogP contribution in [0.15, 0.2) is 36.4 Å². The molecule has 4 aliphatic heterocycles. The van der Waals surface area contributed by atoms with Crippen LogP contribution in [0.2, 0.25) is 0 Å². The molecule has 1 amide bonds. The zero-order valence-corrected chi connectivity index (χ0v) is 23.5. The third-order valence-electron chi connectivity index (χ3n) is 9.15. The predicted molar refractivity (Wildman–Crippen MR) is 148 cm³/mol. The fourth-order valence-corrected chi connectivity index (χ4v) is 6.99. The van der Waals surface area contributed by atoms with Crippen molar-refractivity contribution in [3.63, 3.8) is 0 Å². The standard InChI is InChI=1S/C30H34F4N4O5/c31-19-1-10-28-18(11-19)12-25(43-28)16-36-14-23-6-5-22(36)15-37(23)29(39)17-42-24-7-2-20(3-8-24)35-21-4-9-27(38(40)41)26(13-21)30(32,33)34/h1,4,9-11,13,20,22-25,35H,2-3,5-8,12,14-17H2. The maximum absolute atomic E-state index is 13.6. The lowest BCUT2D eigenvalue weighted by Gasteiger charge is -2.52. The summed E-state index contributed by atoms with van der Waals surface area (Å²) in [5.74, 6) is 0.459. The van der Waals surface area contributed by atoms with Crippen molar-refractivity contribution in [3.8, 4) is 5.75 Å². The van der Waals surface area contributed by atoms with Gasteiger partial charge in [-0.05, 0) is 68.9 Å². The molecule has 2 bridgehead atoms. The number of rotatable bonds is 8. The number of amides is 1. The monoisotopic (exact) mass is 606 g/mol. The van der Waals surface area contributed by atoms with Crippen LogP contribution in [0.4, 0.5) is 28.9 Å². The number of nitrogens with one attached hydrogen (secondary N) is 1. The molecule has 1 saturated carbocycles.